The van der Waals surface area contributed by atoms with Gasteiger partial charge in [-0.2, -0.15) is 0 Å². The van der Waals surface area contributed by atoms with Crippen LogP contribution >= 0.6 is 0 Å². The Bertz CT molecular complexity index is 746. The van der Waals surface area contributed by atoms with Crippen molar-refractivity contribution in [3.63, 3.8) is 0 Å². The van der Waals surface area contributed by atoms with Gasteiger partial charge in [-0.1, -0.05) is 60.7 Å². The van der Waals surface area contributed by atoms with E-state index in [1.807, 2.05) is 36.4 Å². The molecule has 2 rings (SSSR count). The zero-order valence-corrected chi connectivity index (χ0v) is 14.2. The second kappa shape index (κ2) is 8.61. The van der Waals surface area contributed by atoms with Crippen LogP contribution in [0.15, 0.2) is 60.7 Å². The van der Waals surface area contributed by atoms with Crippen LogP contribution in [0.3, 0.4) is 0 Å². The van der Waals surface area contributed by atoms with Crippen LogP contribution in [-0.4, -0.2) is 26.6 Å². The number of hydrogen-bond donors (Lipinski definition) is 2. The van der Waals surface area contributed by atoms with Crippen LogP contribution in [0.1, 0.15) is 23.6 Å². The van der Waals surface area contributed by atoms with E-state index in [1.165, 1.54) is 0 Å². The van der Waals surface area contributed by atoms with Gasteiger partial charge in [-0.3, -0.25) is 4.79 Å². The summed E-state index contributed by atoms with van der Waals surface area (Å²) in [5.41, 5.74) is 7.38. The van der Waals surface area contributed by atoms with Crippen molar-refractivity contribution in [1.82, 2.24) is 5.32 Å². The van der Waals surface area contributed by atoms with Crippen LogP contribution in [0, 0.1) is 0 Å². The smallest absolute Gasteiger partial charge is 0.241 e. The lowest BCUT2D eigenvalue weighted by Gasteiger charge is -2.12. The summed E-state index contributed by atoms with van der Waals surface area (Å²) in [6.45, 7) is 0.285. The first-order valence-corrected chi connectivity index (χ1v) is 9.63. The molecule has 0 fully saturated rings. The maximum atomic E-state index is 12.1. The lowest BCUT2D eigenvalue weighted by atomic mass is 10.1. The Morgan fingerprint density at radius 3 is 2.21 bits per heavy atom. The molecule has 0 spiro atoms. The van der Waals surface area contributed by atoms with Crippen molar-refractivity contribution >= 4 is 15.7 Å². The highest BCUT2D eigenvalue weighted by Crippen LogP contribution is 2.10. The Morgan fingerprint density at radius 2 is 1.58 bits per heavy atom. The topological polar surface area (TPSA) is 89.3 Å². The summed E-state index contributed by atoms with van der Waals surface area (Å²) < 4.78 is 24.1. The quantitative estimate of drug-likeness (QED) is 0.713. The molecule has 6 heteroatoms. The van der Waals surface area contributed by atoms with Crippen LogP contribution in [-0.2, 0) is 20.4 Å². The van der Waals surface area contributed by atoms with Gasteiger partial charge in [0.1, 0.15) is 6.04 Å². The summed E-state index contributed by atoms with van der Waals surface area (Å²) in [6.07, 6.45) is 0.364. The summed E-state index contributed by atoms with van der Waals surface area (Å²) in [4.78, 5) is 12.0. The monoisotopic (exact) mass is 346 g/mol. The summed E-state index contributed by atoms with van der Waals surface area (Å²) in [5, 5.41) is 2.69. The molecule has 128 valence electrons. The standard InChI is InChI=1S/C18H22N2O3S/c19-17(16-10-5-2-6-11-16)18(21)20-12-7-13-24(22,23)14-15-8-3-1-4-9-15/h1-6,8-11,17H,7,12-14,19H2,(H,20,21). The van der Waals surface area contributed by atoms with E-state index in [0.717, 1.165) is 11.1 Å². The Labute approximate surface area is 142 Å². The minimum Gasteiger partial charge on any atom is -0.354 e. The number of benzene rings is 2. The highest BCUT2D eigenvalue weighted by atomic mass is 32.2. The van der Waals surface area contributed by atoms with Crippen molar-refractivity contribution in [3.8, 4) is 0 Å². The fourth-order valence-corrected chi connectivity index (χ4v) is 3.75. The molecular weight excluding hydrogens is 324 g/mol. The highest BCUT2D eigenvalue weighted by molar-refractivity contribution is 7.90. The number of amides is 1. The fourth-order valence-electron chi connectivity index (χ4n) is 2.33. The third-order valence-corrected chi connectivity index (χ3v) is 5.29. The van der Waals surface area contributed by atoms with Crippen molar-refractivity contribution in [3.05, 3.63) is 71.8 Å². The summed E-state index contributed by atoms with van der Waals surface area (Å²) in [7, 11) is -3.19. The Morgan fingerprint density at radius 1 is 1.00 bits per heavy atom. The molecule has 2 aromatic rings. The average Bonchev–Trinajstić information content (AvgIpc) is 2.59. The lowest BCUT2D eigenvalue weighted by Crippen LogP contribution is -2.35. The number of rotatable bonds is 8. The van der Waals surface area contributed by atoms with Gasteiger partial charge >= 0.3 is 0 Å². The molecule has 1 unspecified atom stereocenters. The lowest BCUT2D eigenvalue weighted by molar-refractivity contribution is -0.122. The summed E-state index contributed by atoms with van der Waals surface area (Å²) >= 11 is 0. The van der Waals surface area contributed by atoms with Gasteiger partial charge in [-0.05, 0) is 17.5 Å². The highest BCUT2D eigenvalue weighted by Gasteiger charge is 2.16. The van der Waals surface area contributed by atoms with E-state index in [1.54, 1.807) is 24.3 Å². The van der Waals surface area contributed by atoms with Gasteiger partial charge in [0, 0.05) is 6.54 Å². The SMILES string of the molecule is NC(C(=O)NCCCS(=O)(=O)Cc1ccccc1)c1ccccc1. The maximum absolute atomic E-state index is 12.1. The number of nitrogens with one attached hydrogen (secondary N) is 1. The summed E-state index contributed by atoms with van der Waals surface area (Å²) in [6, 6.07) is 17.4. The molecule has 0 aromatic heterocycles. The van der Waals surface area contributed by atoms with Crippen molar-refractivity contribution in [2.24, 2.45) is 5.73 Å². The molecule has 0 bridgehead atoms. The molecule has 1 atom stereocenters. The fraction of sp³-hybridized carbons (Fsp3) is 0.278. The van der Waals surface area contributed by atoms with Gasteiger partial charge in [-0.25, -0.2) is 8.42 Å². The molecule has 24 heavy (non-hydrogen) atoms. The van der Waals surface area contributed by atoms with Gasteiger partial charge in [0.15, 0.2) is 9.84 Å². The minimum atomic E-state index is -3.19. The normalized spacial score (nSPS) is 12.5. The molecule has 0 radical (unpaired) electrons. The third-order valence-electron chi connectivity index (χ3n) is 3.60. The Balaban J connectivity index is 1.75. The van der Waals surface area contributed by atoms with E-state index < -0.39 is 15.9 Å². The predicted octanol–water partition coefficient (Wildman–Crippen LogP) is 1.81. The van der Waals surface area contributed by atoms with Crippen LogP contribution in [0.2, 0.25) is 0 Å². The van der Waals surface area contributed by atoms with Crippen LogP contribution in [0.25, 0.3) is 0 Å². The van der Waals surface area contributed by atoms with Gasteiger partial charge in [-0.15, -0.1) is 0 Å². The van der Waals surface area contributed by atoms with Crippen LogP contribution in [0.5, 0.6) is 0 Å². The first-order valence-electron chi connectivity index (χ1n) is 7.80. The largest absolute Gasteiger partial charge is 0.354 e. The number of nitrogens with two attached hydrogens (primary N) is 1. The molecular formula is C18H22N2O3S. The molecule has 0 saturated heterocycles. The number of sulfone groups is 1. The van der Waals surface area contributed by atoms with Gasteiger partial charge in [0.25, 0.3) is 0 Å². The average molecular weight is 346 g/mol. The van der Waals surface area contributed by atoms with E-state index in [-0.39, 0.29) is 24.0 Å². The molecule has 5 nitrogen and oxygen atoms in total. The van der Waals surface area contributed by atoms with E-state index in [9.17, 15) is 13.2 Å². The number of carbonyl (C=O) groups is 1. The molecule has 2 aromatic carbocycles. The second-order valence-electron chi connectivity index (χ2n) is 5.61. The second-order valence-corrected chi connectivity index (χ2v) is 7.79. The Kier molecular flexibility index (Phi) is 6.52. The van der Waals surface area contributed by atoms with Crippen LogP contribution in [0.4, 0.5) is 0 Å². The molecule has 3 N–H and O–H groups in total. The number of carbonyl (C=O) groups excluding carboxylic acids is 1. The molecule has 1 amide bonds. The van der Waals surface area contributed by atoms with Gasteiger partial charge in [0.05, 0.1) is 11.5 Å². The molecule has 0 heterocycles. The minimum absolute atomic E-state index is 0.0192. The number of hydrogen-bond acceptors (Lipinski definition) is 4. The van der Waals surface area contributed by atoms with E-state index in [4.69, 9.17) is 5.73 Å². The maximum Gasteiger partial charge on any atom is 0.241 e. The predicted molar refractivity (Wildman–Crippen MR) is 94.9 cm³/mol. The molecule has 0 aliphatic heterocycles. The molecule has 0 saturated carbocycles. The first kappa shape index (κ1) is 18.2. The summed E-state index contributed by atoms with van der Waals surface area (Å²) in [5.74, 6) is -0.254. The zero-order chi connectivity index (χ0) is 17.4. The van der Waals surface area contributed by atoms with Crippen molar-refractivity contribution in [2.75, 3.05) is 12.3 Å². The van der Waals surface area contributed by atoms with E-state index in [2.05, 4.69) is 5.32 Å². The van der Waals surface area contributed by atoms with E-state index >= 15 is 0 Å². The third kappa shape index (κ3) is 5.79. The van der Waals surface area contributed by atoms with E-state index in [0.29, 0.717) is 6.42 Å². The van der Waals surface area contributed by atoms with Crippen molar-refractivity contribution < 1.29 is 13.2 Å². The molecule has 0 aliphatic carbocycles. The Hall–Kier alpha value is -2.18. The van der Waals surface area contributed by atoms with Gasteiger partial charge in [0.2, 0.25) is 5.91 Å². The van der Waals surface area contributed by atoms with Crippen LogP contribution < -0.4 is 11.1 Å². The van der Waals surface area contributed by atoms with Crippen molar-refractivity contribution in [1.29, 1.82) is 0 Å². The zero-order valence-electron chi connectivity index (χ0n) is 13.4. The van der Waals surface area contributed by atoms with Gasteiger partial charge < -0.3 is 11.1 Å². The van der Waals surface area contributed by atoms with Crippen molar-refractivity contribution in [2.45, 2.75) is 18.2 Å². The first-order chi connectivity index (χ1) is 11.5. The molecule has 0 aliphatic rings.